The van der Waals surface area contributed by atoms with E-state index in [0.29, 0.717) is 16.6 Å². The first kappa shape index (κ1) is 21.1. The van der Waals surface area contributed by atoms with Crippen LogP contribution in [0.25, 0.3) is 0 Å². The summed E-state index contributed by atoms with van der Waals surface area (Å²) in [6.07, 6.45) is 0.599. The molecule has 0 saturated carbocycles. The summed E-state index contributed by atoms with van der Waals surface area (Å²) in [5.74, 6) is 0.462. The third kappa shape index (κ3) is 3.68. The fourth-order valence-electron chi connectivity index (χ4n) is 4.62. The zero-order valence-corrected chi connectivity index (χ0v) is 18.9. The minimum atomic E-state index is -0.539. The Balaban J connectivity index is 1.54. The third-order valence-corrected chi connectivity index (χ3v) is 6.43. The Morgan fingerprint density at radius 3 is 2.56 bits per heavy atom. The van der Waals surface area contributed by atoms with Crippen LogP contribution in [-0.2, 0) is 4.79 Å². The molecule has 3 aliphatic heterocycles. The van der Waals surface area contributed by atoms with Crippen molar-refractivity contribution < 1.29 is 4.79 Å². The molecule has 0 spiro atoms. The van der Waals surface area contributed by atoms with Gasteiger partial charge in [0.15, 0.2) is 12.0 Å². The summed E-state index contributed by atoms with van der Waals surface area (Å²) >= 11 is 6.36. The molecule has 1 fully saturated rings. The van der Waals surface area contributed by atoms with E-state index in [0.717, 1.165) is 61.7 Å². The molecule has 5 rings (SSSR count). The second kappa shape index (κ2) is 8.62. The summed E-state index contributed by atoms with van der Waals surface area (Å²) < 4.78 is 0. The smallest absolute Gasteiger partial charge is 0.272 e. The molecule has 6 nitrogen and oxygen atoms in total. The van der Waals surface area contributed by atoms with Crippen molar-refractivity contribution in [3.63, 3.8) is 0 Å². The first-order valence-corrected chi connectivity index (χ1v) is 11.5. The third-order valence-electron chi connectivity index (χ3n) is 6.20. The van der Waals surface area contributed by atoms with Crippen molar-refractivity contribution in [3.05, 3.63) is 77.0 Å². The van der Waals surface area contributed by atoms with Crippen LogP contribution in [0, 0.1) is 0 Å². The highest BCUT2D eigenvalue weighted by atomic mass is 35.5. The molecule has 32 heavy (non-hydrogen) atoms. The average Bonchev–Trinajstić information content (AvgIpc) is 3.10. The van der Waals surface area contributed by atoms with Crippen molar-refractivity contribution in [2.45, 2.75) is 19.5 Å². The highest BCUT2D eigenvalue weighted by Gasteiger charge is 2.43. The number of fused-ring (bicyclic) bond motifs is 3. The van der Waals surface area contributed by atoms with Crippen LogP contribution in [0.1, 0.15) is 24.5 Å². The van der Waals surface area contributed by atoms with Gasteiger partial charge in [-0.3, -0.25) is 14.6 Å². The van der Waals surface area contributed by atoms with E-state index in [2.05, 4.69) is 23.3 Å². The summed E-state index contributed by atoms with van der Waals surface area (Å²) in [6.45, 7) is 11.0. The predicted octanol–water partition coefficient (Wildman–Crippen LogP) is 3.80. The lowest BCUT2D eigenvalue weighted by Gasteiger charge is -2.36. The first-order valence-electron chi connectivity index (χ1n) is 11.1. The fraction of sp³-hybridized carbons (Fsp3) is 0.320. The Morgan fingerprint density at radius 2 is 1.84 bits per heavy atom. The van der Waals surface area contributed by atoms with Gasteiger partial charge in [0.1, 0.15) is 0 Å². The second-order valence-corrected chi connectivity index (χ2v) is 8.75. The normalized spacial score (nSPS) is 21.7. The molecule has 2 aromatic carbocycles. The molecule has 0 aliphatic carbocycles. The van der Waals surface area contributed by atoms with Crippen LogP contribution in [0.5, 0.6) is 0 Å². The van der Waals surface area contributed by atoms with Crippen LogP contribution < -0.4 is 4.90 Å². The Hall–Kier alpha value is -2.80. The van der Waals surface area contributed by atoms with E-state index in [9.17, 15) is 4.79 Å². The molecule has 0 radical (unpaired) electrons. The predicted molar refractivity (Wildman–Crippen MR) is 130 cm³/mol. The molecular formula is C25H26ClN5O. The molecule has 3 aliphatic rings. The monoisotopic (exact) mass is 447 g/mol. The van der Waals surface area contributed by atoms with Gasteiger partial charge in [-0.1, -0.05) is 55.4 Å². The number of amides is 1. The number of hydrogen-bond acceptors (Lipinski definition) is 5. The van der Waals surface area contributed by atoms with Crippen molar-refractivity contribution in [2.24, 2.45) is 9.98 Å². The second-order valence-electron chi connectivity index (χ2n) is 8.31. The number of piperazine rings is 1. The van der Waals surface area contributed by atoms with Crippen LogP contribution in [0.4, 0.5) is 5.69 Å². The van der Waals surface area contributed by atoms with Crippen LogP contribution >= 0.6 is 11.6 Å². The highest BCUT2D eigenvalue weighted by Crippen LogP contribution is 2.35. The number of aliphatic imine (C=N–C) groups is 2. The van der Waals surface area contributed by atoms with Gasteiger partial charge in [0.05, 0.1) is 17.1 Å². The lowest BCUT2D eigenvalue weighted by Crippen LogP contribution is -2.53. The summed E-state index contributed by atoms with van der Waals surface area (Å²) in [7, 11) is 0. The van der Waals surface area contributed by atoms with Crippen LogP contribution in [0.3, 0.4) is 0 Å². The van der Waals surface area contributed by atoms with Gasteiger partial charge in [0.2, 0.25) is 0 Å². The van der Waals surface area contributed by atoms with Crippen molar-refractivity contribution in [2.75, 3.05) is 37.6 Å². The number of anilines is 1. The number of carbonyl (C=O) groups is 1. The minimum absolute atomic E-state index is 0.0572. The summed E-state index contributed by atoms with van der Waals surface area (Å²) in [5, 5.41) is 0.591. The Bertz CT molecular complexity index is 1120. The number of hydrogen-bond donors (Lipinski definition) is 0. The van der Waals surface area contributed by atoms with Gasteiger partial charge in [0.25, 0.3) is 5.91 Å². The average molecular weight is 448 g/mol. The van der Waals surface area contributed by atoms with Crippen LogP contribution in [0.15, 0.2) is 70.8 Å². The molecule has 0 N–H and O–H groups in total. The van der Waals surface area contributed by atoms with Crippen LogP contribution in [-0.4, -0.2) is 66.1 Å². The maximum Gasteiger partial charge on any atom is 0.272 e. The minimum Gasteiger partial charge on any atom is -0.301 e. The lowest BCUT2D eigenvalue weighted by molar-refractivity contribution is -0.122. The van der Waals surface area contributed by atoms with E-state index in [1.165, 1.54) is 0 Å². The van der Waals surface area contributed by atoms with Gasteiger partial charge in [0, 0.05) is 42.3 Å². The highest BCUT2D eigenvalue weighted by molar-refractivity contribution is 6.35. The Kier molecular flexibility index (Phi) is 5.67. The fourth-order valence-corrected chi connectivity index (χ4v) is 4.80. The molecule has 3 heterocycles. The van der Waals surface area contributed by atoms with E-state index in [4.69, 9.17) is 21.6 Å². The molecule has 0 bridgehead atoms. The van der Waals surface area contributed by atoms with E-state index in [1.54, 1.807) is 11.0 Å². The largest absolute Gasteiger partial charge is 0.301 e. The van der Waals surface area contributed by atoms with Gasteiger partial charge in [-0.25, -0.2) is 9.98 Å². The quantitative estimate of drug-likeness (QED) is 0.716. The Labute approximate surface area is 193 Å². The van der Waals surface area contributed by atoms with Crippen molar-refractivity contribution in [1.82, 2.24) is 9.80 Å². The molecule has 0 aromatic heterocycles. The molecule has 1 atom stereocenters. The van der Waals surface area contributed by atoms with E-state index < -0.39 is 6.17 Å². The zero-order valence-electron chi connectivity index (χ0n) is 18.2. The summed E-state index contributed by atoms with van der Waals surface area (Å²) in [5.41, 5.74) is 3.71. The number of carbonyl (C=O) groups excluding carboxylic acids is 1. The molecule has 1 unspecified atom stereocenters. The maximum atomic E-state index is 13.7. The first-order chi connectivity index (χ1) is 15.6. The van der Waals surface area contributed by atoms with Gasteiger partial charge in [-0.15, -0.1) is 0 Å². The molecule has 7 heteroatoms. The number of benzene rings is 2. The number of nitrogens with zero attached hydrogens (tertiary/aromatic N) is 5. The van der Waals surface area contributed by atoms with Crippen molar-refractivity contribution in [3.8, 4) is 0 Å². The zero-order chi connectivity index (χ0) is 22.2. The molecule has 2 aromatic rings. The SMILES string of the molecule is C=C1N=C(c2ccccc2)c2cc(Cl)ccc2N2C(=O)C(N3CCN(CCC)CC3)N=C12. The van der Waals surface area contributed by atoms with E-state index in [1.807, 2.05) is 42.5 Å². The molecule has 1 saturated heterocycles. The van der Waals surface area contributed by atoms with Crippen molar-refractivity contribution >= 4 is 34.7 Å². The number of amidine groups is 1. The topological polar surface area (TPSA) is 51.5 Å². The molecule has 1 amide bonds. The van der Waals surface area contributed by atoms with Crippen LogP contribution in [0.2, 0.25) is 5.02 Å². The molecule has 164 valence electrons. The summed E-state index contributed by atoms with van der Waals surface area (Å²) in [4.78, 5) is 29.6. The Morgan fingerprint density at radius 1 is 1.09 bits per heavy atom. The van der Waals surface area contributed by atoms with E-state index in [-0.39, 0.29) is 5.91 Å². The van der Waals surface area contributed by atoms with Gasteiger partial charge in [-0.05, 0) is 31.2 Å². The lowest BCUT2D eigenvalue weighted by atomic mass is 10.00. The van der Waals surface area contributed by atoms with E-state index >= 15 is 0 Å². The maximum absolute atomic E-state index is 13.7. The molecular weight excluding hydrogens is 422 g/mol. The number of halogens is 1. The van der Waals surface area contributed by atoms with Gasteiger partial charge in [-0.2, -0.15) is 0 Å². The standard InChI is InChI=1S/C25H26ClN5O/c1-3-11-29-12-14-30(15-13-29)24-25(32)31-21-10-9-19(26)16-20(21)22(18-7-5-4-6-8-18)27-17(2)23(31)28-24/h4-10,16,24H,2-3,11-15H2,1H3. The van der Waals surface area contributed by atoms with Crippen molar-refractivity contribution in [1.29, 1.82) is 0 Å². The number of rotatable bonds is 4. The van der Waals surface area contributed by atoms with Gasteiger partial charge >= 0.3 is 0 Å². The van der Waals surface area contributed by atoms with Gasteiger partial charge < -0.3 is 4.90 Å². The summed E-state index contributed by atoms with van der Waals surface area (Å²) in [6, 6.07) is 15.4.